The lowest BCUT2D eigenvalue weighted by molar-refractivity contribution is 0.211. The summed E-state index contributed by atoms with van der Waals surface area (Å²) in [6, 6.07) is 4.30. The molecule has 0 spiro atoms. The molecule has 0 radical (unpaired) electrons. The summed E-state index contributed by atoms with van der Waals surface area (Å²) in [6.45, 7) is 21.8. The van der Waals surface area contributed by atoms with Gasteiger partial charge >= 0.3 is 0 Å². The second-order valence-corrected chi connectivity index (χ2v) is 14.2. The molecule has 3 aromatic heterocycles. The molecule has 2 fully saturated rings. The molecule has 2 aliphatic rings. The molecule has 4 aromatic rings. The Morgan fingerprint density at radius 1 is 0.776 bits per heavy atom. The van der Waals surface area contributed by atoms with E-state index in [1.807, 2.05) is 20.0 Å². The maximum absolute atomic E-state index is 6.97. The van der Waals surface area contributed by atoms with Crippen LogP contribution in [0, 0.1) is 46.1 Å². The van der Waals surface area contributed by atoms with Crippen molar-refractivity contribution < 1.29 is 0 Å². The first-order valence-corrected chi connectivity index (χ1v) is 18.1. The van der Waals surface area contributed by atoms with Crippen LogP contribution < -0.4 is 10.6 Å². The van der Waals surface area contributed by atoms with E-state index in [0.29, 0.717) is 17.6 Å². The van der Waals surface area contributed by atoms with Crippen LogP contribution in [0.15, 0.2) is 24.5 Å². The maximum Gasteiger partial charge on any atom is 0.225 e. The van der Waals surface area contributed by atoms with Gasteiger partial charge in [-0.25, -0.2) is 29.8 Å². The Bertz CT molecular complexity index is 1690. The standard InChI is InChI=1S/C23H32N6.C15H23N5/c1-15-12-16(2)21-20(13-15)27-22(28-21)19-14-25-23(26-17(19)3)24-9-5-6-18-7-10-29(4)11-8-18;1-12-14(16-2)11-18-15(19-12)17-8-4-5-13-6-9-20(3)10-7-13/h12-14,18H,5-11H2,1-4H3,(H,27,28)(H,24,25,26);11,13H,4-10H2,1,3H3,(H,17,18,19). The molecule has 0 bridgehead atoms. The molecule has 0 unspecified atom stereocenters. The van der Waals surface area contributed by atoms with Gasteiger partial charge in [-0.3, -0.25) is 0 Å². The van der Waals surface area contributed by atoms with Gasteiger partial charge in [0.05, 0.1) is 28.9 Å². The van der Waals surface area contributed by atoms with Crippen molar-refractivity contribution in [3.8, 4) is 11.4 Å². The first-order valence-electron chi connectivity index (χ1n) is 18.1. The number of aromatic amines is 1. The summed E-state index contributed by atoms with van der Waals surface area (Å²) in [6.07, 6.45) is 13.7. The summed E-state index contributed by atoms with van der Waals surface area (Å²) in [7, 11) is 4.42. The molecule has 0 saturated carbocycles. The van der Waals surface area contributed by atoms with E-state index in [4.69, 9.17) is 11.6 Å². The summed E-state index contributed by atoms with van der Waals surface area (Å²) in [5.74, 6) is 3.93. The highest BCUT2D eigenvalue weighted by Crippen LogP contribution is 2.26. The lowest BCUT2D eigenvalue weighted by Crippen LogP contribution is -2.30. The van der Waals surface area contributed by atoms with Gasteiger partial charge in [0.25, 0.3) is 0 Å². The van der Waals surface area contributed by atoms with E-state index in [1.165, 1.54) is 82.3 Å². The first kappa shape index (κ1) is 36.1. The molecule has 3 N–H and O–H groups in total. The Morgan fingerprint density at radius 3 is 1.86 bits per heavy atom. The van der Waals surface area contributed by atoms with Gasteiger partial charge in [-0.15, -0.1) is 0 Å². The quantitative estimate of drug-likeness (QED) is 0.112. The van der Waals surface area contributed by atoms with Crippen molar-refractivity contribution in [1.29, 1.82) is 0 Å². The third-order valence-corrected chi connectivity index (χ3v) is 10.1. The van der Waals surface area contributed by atoms with E-state index in [2.05, 4.69) is 90.3 Å². The minimum atomic E-state index is 0.530. The number of rotatable bonds is 11. The molecule has 0 aliphatic carbocycles. The minimum absolute atomic E-state index is 0.530. The van der Waals surface area contributed by atoms with Crippen LogP contribution in [0.2, 0.25) is 0 Å². The fourth-order valence-electron chi connectivity index (χ4n) is 6.92. The topological polar surface area (TPSA) is 115 Å². The Kier molecular flexibility index (Phi) is 12.9. The van der Waals surface area contributed by atoms with Crippen LogP contribution in [0.5, 0.6) is 0 Å². The Balaban J connectivity index is 0.000000205. The number of fused-ring (bicyclic) bond motifs is 1. The highest BCUT2D eigenvalue weighted by molar-refractivity contribution is 5.83. The number of nitrogens with one attached hydrogen (secondary N) is 3. The molecule has 1 aromatic carbocycles. The number of piperidine rings is 2. The number of hydrogen-bond acceptors (Lipinski definition) is 9. The fraction of sp³-hybridized carbons (Fsp3) is 0.579. The largest absolute Gasteiger partial charge is 0.354 e. The van der Waals surface area contributed by atoms with Crippen molar-refractivity contribution in [2.24, 2.45) is 11.8 Å². The molecule has 11 nitrogen and oxygen atoms in total. The number of benzene rings is 1. The predicted molar refractivity (Wildman–Crippen MR) is 200 cm³/mol. The zero-order chi connectivity index (χ0) is 34.8. The van der Waals surface area contributed by atoms with Crippen molar-refractivity contribution >= 4 is 28.6 Å². The summed E-state index contributed by atoms with van der Waals surface area (Å²) < 4.78 is 0. The molecule has 2 aliphatic heterocycles. The molecular weight excluding hydrogens is 610 g/mol. The first-order chi connectivity index (χ1) is 23.7. The number of likely N-dealkylation sites (tertiary alicyclic amines) is 2. The fourth-order valence-corrected chi connectivity index (χ4v) is 6.92. The highest BCUT2D eigenvalue weighted by atomic mass is 15.1. The normalized spacial score (nSPS) is 16.3. The van der Waals surface area contributed by atoms with E-state index in [0.717, 1.165) is 65.2 Å². The SMILES string of the molecule is Cc1cc(C)c2nc(-c3cnc(NCCCC4CCN(C)CC4)nc3C)[nH]c2c1.[C-]#[N+]c1cnc(NCCCC2CCN(C)CC2)nc1C. The summed E-state index contributed by atoms with van der Waals surface area (Å²) >= 11 is 0. The molecule has 49 heavy (non-hydrogen) atoms. The third kappa shape index (κ3) is 10.4. The third-order valence-electron chi connectivity index (χ3n) is 10.1. The lowest BCUT2D eigenvalue weighted by atomic mass is 9.92. The van der Waals surface area contributed by atoms with Gasteiger partial charge in [-0.2, -0.15) is 0 Å². The van der Waals surface area contributed by atoms with Gasteiger partial charge in [0.1, 0.15) is 5.82 Å². The predicted octanol–water partition coefficient (Wildman–Crippen LogP) is 7.35. The van der Waals surface area contributed by atoms with Crippen LogP contribution in [0.25, 0.3) is 27.3 Å². The Labute approximate surface area is 292 Å². The van der Waals surface area contributed by atoms with Crippen LogP contribution >= 0.6 is 0 Å². The van der Waals surface area contributed by atoms with E-state index in [-0.39, 0.29) is 0 Å². The van der Waals surface area contributed by atoms with Gasteiger partial charge in [0.2, 0.25) is 17.6 Å². The van der Waals surface area contributed by atoms with Crippen LogP contribution in [-0.2, 0) is 0 Å². The Morgan fingerprint density at radius 2 is 1.33 bits per heavy atom. The average molecular weight is 666 g/mol. The molecular formula is C38H55N11. The smallest absolute Gasteiger partial charge is 0.225 e. The monoisotopic (exact) mass is 665 g/mol. The second-order valence-electron chi connectivity index (χ2n) is 14.2. The van der Waals surface area contributed by atoms with Crippen LogP contribution in [0.1, 0.15) is 73.9 Å². The van der Waals surface area contributed by atoms with Crippen molar-refractivity contribution in [1.82, 2.24) is 39.7 Å². The maximum atomic E-state index is 6.97. The van der Waals surface area contributed by atoms with Crippen molar-refractivity contribution in [2.45, 2.75) is 79.1 Å². The van der Waals surface area contributed by atoms with Gasteiger partial charge in [0.15, 0.2) is 0 Å². The van der Waals surface area contributed by atoms with E-state index in [9.17, 15) is 0 Å². The lowest BCUT2D eigenvalue weighted by Gasteiger charge is -2.28. The van der Waals surface area contributed by atoms with Gasteiger partial charge < -0.3 is 25.4 Å². The number of aryl methyl sites for hydroxylation is 4. The molecule has 5 heterocycles. The highest BCUT2D eigenvalue weighted by Gasteiger charge is 2.17. The van der Waals surface area contributed by atoms with Gasteiger partial charge in [-0.1, -0.05) is 6.07 Å². The molecule has 6 rings (SSSR count). The molecule has 2 saturated heterocycles. The molecule has 0 amide bonds. The van der Waals surface area contributed by atoms with Crippen molar-refractivity contribution in [3.63, 3.8) is 0 Å². The summed E-state index contributed by atoms with van der Waals surface area (Å²) in [5, 5.41) is 6.64. The Hall–Kier alpha value is -4.14. The average Bonchev–Trinajstić information content (AvgIpc) is 3.51. The number of imidazole rings is 1. The molecule has 262 valence electrons. The van der Waals surface area contributed by atoms with Gasteiger partial charge in [-0.05, 0) is 148 Å². The minimum Gasteiger partial charge on any atom is -0.354 e. The van der Waals surface area contributed by atoms with E-state index < -0.39 is 0 Å². The zero-order valence-electron chi connectivity index (χ0n) is 30.4. The number of H-pyrrole nitrogens is 1. The molecule has 11 heteroatoms. The van der Waals surface area contributed by atoms with E-state index in [1.54, 1.807) is 6.20 Å². The van der Waals surface area contributed by atoms with Crippen molar-refractivity contribution in [2.75, 3.05) is 64.0 Å². The van der Waals surface area contributed by atoms with Crippen LogP contribution in [0.3, 0.4) is 0 Å². The van der Waals surface area contributed by atoms with Crippen LogP contribution in [0.4, 0.5) is 17.6 Å². The molecule has 0 atom stereocenters. The number of nitrogens with zero attached hydrogens (tertiary/aromatic N) is 8. The van der Waals surface area contributed by atoms with Crippen LogP contribution in [-0.4, -0.2) is 93.1 Å². The summed E-state index contributed by atoms with van der Waals surface area (Å²) in [5.41, 5.74) is 7.66. The van der Waals surface area contributed by atoms with E-state index >= 15 is 0 Å². The van der Waals surface area contributed by atoms with Crippen molar-refractivity contribution in [3.05, 3.63) is 58.5 Å². The number of hydrogen-bond donors (Lipinski definition) is 3. The van der Waals surface area contributed by atoms with Gasteiger partial charge in [0, 0.05) is 31.2 Å². The summed E-state index contributed by atoms with van der Waals surface area (Å²) in [4.78, 5) is 34.1. The number of anilines is 2. The number of aromatic nitrogens is 6. The zero-order valence-corrected chi connectivity index (χ0v) is 30.4. The second kappa shape index (κ2) is 17.5.